The fourth-order valence-corrected chi connectivity index (χ4v) is 6.84. The van der Waals surface area contributed by atoms with Gasteiger partial charge in [0.05, 0.1) is 5.57 Å². The van der Waals surface area contributed by atoms with Crippen molar-refractivity contribution < 1.29 is 22.7 Å². The summed E-state index contributed by atoms with van der Waals surface area (Å²) in [5, 5.41) is 1.73. The molecule has 1 aromatic heterocycles. The first-order valence-corrected chi connectivity index (χ1v) is 12.0. The third-order valence-corrected chi connectivity index (χ3v) is 9.32. The highest BCUT2D eigenvalue weighted by Crippen LogP contribution is 2.43. The normalized spacial score (nSPS) is 23.7. The van der Waals surface area contributed by atoms with Crippen molar-refractivity contribution in [3.05, 3.63) is 28.7 Å². The molecule has 10 heteroatoms. The lowest BCUT2D eigenvalue weighted by Gasteiger charge is -2.40. The lowest BCUT2D eigenvalue weighted by Crippen LogP contribution is -2.53. The average molecular weight is 440 g/mol. The summed E-state index contributed by atoms with van der Waals surface area (Å²) in [6.45, 7) is 4.83. The zero-order chi connectivity index (χ0) is 20.8. The van der Waals surface area contributed by atoms with Crippen LogP contribution in [0.5, 0.6) is 0 Å². The van der Waals surface area contributed by atoms with Crippen molar-refractivity contribution in [2.24, 2.45) is 0 Å². The molecule has 1 aromatic rings. The smallest absolute Gasteiger partial charge is 0.335 e. The van der Waals surface area contributed by atoms with Crippen LogP contribution in [0.4, 0.5) is 0 Å². The van der Waals surface area contributed by atoms with Crippen LogP contribution in [-0.2, 0) is 24.3 Å². The number of piperidine rings is 1. The zero-order valence-corrected chi connectivity index (χ0v) is 18.2. The highest BCUT2D eigenvalue weighted by Gasteiger charge is 2.53. The molecule has 1 amide bonds. The number of carbonyl (C=O) groups is 2. The standard InChI is InChI=1S/C19H25N3O5S2/c1-14-16(17(23)21-11-9-20(2)10-12-21)19(27-18(14)24)5-7-22(8-6-19)29(25,26)15-4-3-13-28-15/h3-4,13H,5-12H2,1-2H3. The van der Waals surface area contributed by atoms with E-state index in [0.29, 0.717) is 28.4 Å². The Balaban J connectivity index is 1.55. The van der Waals surface area contributed by atoms with Gasteiger partial charge in [0.1, 0.15) is 9.81 Å². The molecular formula is C19H25N3O5S2. The van der Waals surface area contributed by atoms with E-state index in [1.807, 2.05) is 7.05 Å². The topological polar surface area (TPSA) is 87.2 Å². The number of esters is 1. The Morgan fingerprint density at radius 1 is 1.14 bits per heavy atom. The van der Waals surface area contributed by atoms with Crippen molar-refractivity contribution in [3.8, 4) is 0 Å². The van der Waals surface area contributed by atoms with Crippen molar-refractivity contribution in [3.63, 3.8) is 0 Å². The number of rotatable bonds is 3. The number of carbonyl (C=O) groups excluding carboxylic acids is 2. The van der Waals surface area contributed by atoms with E-state index in [1.54, 1.807) is 29.3 Å². The van der Waals surface area contributed by atoms with Gasteiger partial charge in [-0.1, -0.05) is 6.07 Å². The number of nitrogens with zero attached hydrogens (tertiary/aromatic N) is 3. The maximum absolute atomic E-state index is 13.3. The molecule has 0 atom stereocenters. The van der Waals surface area contributed by atoms with E-state index in [1.165, 1.54) is 15.6 Å². The van der Waals surface area contributed by atoms with Gasteiger partial charge in [0.25, 0.3) is 15.9 Å². The Hall–Kier alpha value is -1.75. The van der Waals surface area contributed by atoms with E-state index in [4.69, 9.17) is 4.74 Å². The van der Waals surface area contributed by atoms with Crippen molar-refractivity contribution in [2.75, 3.05) is 46.3 Å². The molecule has 8 nitrogen and oxygen atoms in total. The van der Waals surface area contributed by atoms with Crippen molar-refractivity contribution in [1.82, 2.24) is 14.1 Å². The molecule has 0 unspecified atom stereocenters. The molecule has 0 radical (unpaired) electrons. The second kappa shape index (κ2) is 7.50. The maximum Gasteiger partial charge on any atom is 0.335 e. The van der Waals surface area contributed by atoms with Gasteiger partial charge < -0.3 is 14.5 Å². The van der Waals surface area contributed by atoms with Gasteiger partial charge in [-0.05, 0) is 25.4 Å². The third-order valence-electron chi connectivity index (χ3n) is 6.05. The zero-order valence-electron chi connectivity index (χ0n) is 16.6. The molecule has 158 valence electrons. The first kappa shape index (κ1) is 20.5. The molecule has 3 aliphatic heterocycles. The predicted octanol–water partition coefficient (Wildman–Crippen LogP) is 0.919. The minimum absolute atomic E-state index is 0.156. The number of amides is 1. The Kier molecular flexibility index (Phi) is 5.30. The van der Waals surface area contributed by atoms with Crippen LogP contribution in [0.15, 0.2) is 32.9 Å². The van der Waals surface area contributed by atoms with E-state index < -0.39 is 21.6 Å². The second-order valence-corrected chi connectivity index (χ2v) is 10.9. The molecule has 0 aliphatic carbocycles. The largest absolute Gasteiger partial charge is 0.450 e. The molecule has 29 heavy (non-hydrogen) atoms. The van der Waals surface area contributed by atoms with Crippen molar-refractivity contribution in [1.29, 1.82) is 0 Å². The first-order valence-electron chi connectivity index (χ1n) is 9.71. The van der Waals surface area contributed by atoms with Crippen LogP contribution in [0, 0.1) is 0 Å². The van der Waals surface area contributed by atoms with Gasteiger partial charge in [-0.15, -0.1) is 11.3 Å². The Bertz CT molecular complexity index is 938. The minimum atomic E-state index is -3.56. The third kappa shape index (κ3) is 3.52. The highest BCUT2D eigenvalue weighted by molar-refractivity contribution is 7.91. The quantitative estimate of drug-likeness (QED) is 0.651. The molecule has 0 saturated carbocycles. The number of thiophene rings is 1. The molecule has 4 heterocycles. The molecular weight excluding hydrogens is 414 g/mol. The number of ether oxygens (including phenoxy) is 1. The number of sulfonamides is 1. The molecule has 0 N–H and O–H groups in total. The van der Waals surface area contributed by atoms with Crippen molar-refractivity contribution >= 4 is 33.2 Å². The number of hydrogen-bond donors (Lipinski definition) is 0. The van der Waals surface area contributed by atoms with E-state index in [0.717, 1.165) is 13.1 Å². The van der Waals surface area contributed by atoms with Crippen LogP contribution in [0.25, 0.3) is 0 Å². The first-order chi connectivity index (χ1) is 13.7. The van der Waals surface area contributed by atoms with Crippen LogP contribution in [0.1, 0.15) is 19.8 Å². The van der Waals surface area contributed by atoms with Crippen LogP contribution in [0.2, 0.25) is 0 Å². The van der Waals surface area contributed by atoms with Gasteiger partial charge in [-0.3, -0.25) is 4.79 Å². The maximum atomic E-state index is 13.3. The molecule has 2 saturated heterocycles. The number of piperazine rings is 1. The Labute approximate surface area is 174 Å². The van der Waals surface area contributed by atoms with E-state index >= 15 is 0 Å². The number of likely N-dealkylation sites (N-methyl/N-ethyl adjacent to an activating group) is 1. The summed E-state index contributed by atoms with van der Waals surface area (Å²) >= 11 is 1.18. The highest BCUT2D eigenvalue weighted by atomic mass is 32.2. The summed E-state index contributed by atoms with van der Waals surface area (Å²) in [6.07, 6.45) is 0.574. The second-order valence-electron chi connectivity index (χ2n) is 7.82. The monoisotopic (exact) mass is 439 g/mol. The van der Waals surface area contributed by atoms with Gasteiger partial charge in [-0.25, -0.2) is 13.2 Å². The molecule has 1 spiro atoms. The van der Waals surface area contributed by atoms with Crippen LogP contribution < -0.4 is 0 Å². The summed E-state index contributed by atoms with van der Waals surface area (Å²) < 4.78 is 33.1. The summed E-state index contributed by atoms with van der Waals surface area (Å²) in [4.78, 5) is 29.6. The van der Waals surface area contributed by atoms with Crippen LogP contribution in [-0.4, -0.2) is 86.3 Å². The van der Waals surface area contributed by atoms with Gasteiger partial charge in [-0.2, -0.15) is 4.31 Å². The van der Waals surface area contributed by atoms with E-state index in [2.05, 4.69) is 4.90 Å². The van der Waals surface area contributed by atoms with Gasteiger partial charge in [0, 0.05) is 57.7 Å². The van der Waals surface area contributed by atoms with Gasteiger partial charge in [0.2, 0.25) is 0 Å². The summed E-state index contributed by atoms with van der Waals surface area (Å²) in [5.74, 6) is -0.631. The minimum Gasteiger partial charge on any atom is -0.450 e. The number of hydrogen-bond acceptors (Lipinski definition) is 7. The lowest BCUT2D eigenvalue weighted by molar-refractivity contribution is -0.150. The van der Waals surface area contributed by atoms with Crippen molar-refractivity contribution in [2.45, 2.75) is 29.6 Å². The molecule has 2 fully saturated rings. The fourth-order valence-electron chi connectivity index (χ4n) is 4.25. The SMILES string of the molecule is CC1=C(C(=O)N2CCN(C)CC2)C2(CCN(S(=O)(=O)c3cccs3)CC2)OC1=O. The Morgan fingerprint density at radius 2 is 1.79 bits per heavy atom. The molecule has 0 bridgehead atoms. The predicted molar refractivity (Wildman–Crippen MR) is 108 cm³/mol. The lowest BCUT2D eigenvalue weighted by atomic mass is 9.83. The molecule has 0 aromatic carbocycles. The summed E-state index contributed by atoms with van der Waals surface area (Å²) in [7, 11) is -1.55. The molecule has 3 aliphatic rings. The van der Waals surface area contributed by atoms with Gasteiger partial charge in [0.15, 0.2) is 0 Å². The Morgan fingerprint density at radius 3 is 2.38 bits per heavy atom. The summed E-state index contributed by atoms with van der Waals surface area (Å²) in [6, 6.07) is 3.30. The van der Waals surface area contributed by atoms with E-state index in [-0.39, 0.29) is 31.8 Å². The average Bonchev–Trinajstić information content (AvgIpc) is 3.31. The molecule has 4 rings (SSSR count). The summed E-state index contributed by atoms with van der Waals surface area (Å²) in [5.41, 5.74) is -0.257. The van der Waals surface area contributed by atoms with E-state index in [9.17, 15) is 18.0 Å². The van der Waals surface area contributed by atoms with Crippen LogP contribution >= 0.6 is 11.3 Å². The van der Waals surface area contributed by atoms with Crippen LogP contribution in [0.3, 0.4) is 0 Å². The van der Waals surface area contributed by atoms with Gasteiger partial charge >= 0.3 is 5.97 Å². The fraction of sp³-hybridized carbons (Fsp3) is 0.579.